The van der Waals surface area contributed by atoms with Crippen molar-refractivity contribution in [1.29, 1.82) is 0 Å². The first-order valence-corrected chi connectivity index (χ1v) is 12.3. The molecular weight excluding hydrogens is 450 g/mol. The summed E-state index contributed by atoms with van der Waals surface area (Å²) in [5.74, 6) is -0.458. The molecule has 34 heavy (non-hydrogen) atoms. The molecule has 1 amide bonds. The average molecular weight is 480 g/mol. The van der Waals surface area contributed by atoms with Crippen LogP contribution < -0.4 is 0 Å². The first-order valence-electron chi connectivity index (χ1n) is 11.4. The van der Waals surface area contributed by atoms with Crippen molar-refractivity contribution in [2.45, 2.75) is 52.7 Å². The predicted molar refractivity (Wildman–Crippen MR) is 131 cm³/mol. The molecule has 1 aliphatic rings. The van der Waals surface area contributed by atoms with Crippen LogP contribution in [-0.2, 0) is 28.9 Å². The summed E-state index contributed by atoms with van der Waals surface area (Å²) >= 11 is 1.57. The van der Waals surface area contributed by atoms with Crippen LogP contribution in [0.25, 0.3) is 11.3 Å². The van der Waals surface area contributed by atoms with Gasteiger partial charge in [0.1, 0.15) is 11.3 Å². The lowest BCUT2D eigenvalue weighted by Gasteiger charge is -2.31. The number of esters is 1. The molecule has 0 unspecified atom stereocenters. The second-order valence-corrected chi connectivity index (χ2v) is 9.93. The Morgan fingerprint density at radius 1 is 1.18 bits per heavy atom. The quantitative estimate of drug-likeness (QED) is 0.464. The van der Waals surface area contributed by atoms with Crippen LogP contribution in [0.5, 0.6) is 0 Å². The van der Waals surface area contributed by atoms with Gasteiger partial charge in [-0.2, -0.15) is 0 Å². The Kier molecular flexibility index (Phi) is 6.97. The molecule has 0 atom stereocenters. The molecule has 0 spiro atoms. The number of carbonyl (C=O) groups is 2. The van der Waals surface area contributed by atoms with Gasteiger partial charge < -0.3 is 14.4 Å². The highest BCUT2D eigenvalue weighted by molar-refractivity contribution is 7.07. The molecule has 4 rings (SSSR count). The van der Waals surface area contributed by atoms with E-state index in [0.717, 1.165) is 33.6 Å². The van der Waals surface area contributed by atoms with E-state index in [2.05, 4.69) is 34.2 Å². The van der Waals surface area contributed by atoms with Crippen LogP contribution in [0.4, 0.5) is 4.79 Å². The SMILES string of the molecule is CCOC(=O)c1cc(Cc2ccc(-c3cscn3)cc2)c2c(n1)CN(C(=O)OC(C)(C)C)CC2. The molecule has 3 heterocycles. The number of carbonyl (C=O) groups excluding carboxylic acids is 2. The van der Waals surface area contributed by atoms with Crippen LogP contribution in [0.2, 0.25) is 0 Å². The van der Waals surface area contributed by atoms with Crippen molar-refractivity contribution >= 4 is 23.4 Å². The Bertz CT molecular complexity index is 1170. The molecule has 0 bridgehead atoms. The zero-order chi connectivity index (χ0) is 24.3. The zero-order valence-corrected chi connectivity index (χ0v) is 20.8. The van der Waals surface area contributed by atoms with Gasteiger partial charge in [-0.05, 0) is 63.3 Å². The van der Waals surface area contributed by atoms with E-state index < -0.39 is 11.6 Å². The fourth-order valence-electron chi connectivity index (χ4n) is 3.94. The van der Waals surface area contributed by atoms with Crippen LogP contribution in [-0.4, -0.2) is 45.7 Å². The van der Waals surface area contributed by atoms with Crippen molar-refractivity contribution in [2.75, 3.05) is 13.2 Å². The number of fused-ring (bicyclic) bond motifs is 1. The van der Waals surface area contributed by atoms with Gasteiger partial charge in [0.05, 0.1) is 30.1 Å². The van der Waals surface area contributed by atoms with Crippen LogP contribution >= 0.6 is 11.3 Å². The number of amides is 1. The van der Waals surface area contributed by atoms with Crippen molar-refractivity contribution in [3.63, 3.8) is 0 Å². The number of hydrogen-bond acceptors (Lipinski definition) is 7. The van der Waals surface area contributed by atoms with Gasteiger partial charge in [0, 0.05) is 17.5 Å². The van der Waals surface area contributed by atoms with E-state index in [1.54, 1.807) is 23.2 Å². The standard InChI is InChI=1S/C26H29N3O4S/c1-5-32-24(30)21-13-19(12-17-6-8-18(9-7-17)23-15-34-16-27-23)20-10-11-29(14-22(20)28-21)25(31)33-26(2,3)4/h6-9,13,15-16H,5,10-12,14H2,1-4H3. The molecule has 0 radical (unpaired) electrons. The predicted octanol–water partition coefficient (Wildman–Crippen LogP) is 5.27. The molecule has 1 aliphatic heterocycles. The highest BCUT2D eigenvalue weighted by atomic mass is 32.1. The largest absolute Gasteiger partial charge is 0.461 e. The second-order valence-electron chi connectivity index (χ2n) is 9.21. The number of hydrogen-bond donors (Lipinski definition) is 0. The minimum absolute atomic E-state index is 0.265. The van der Waals surface area contributed by atoms with Gasteiger partial charge in [-0.15, -0.1) is 11.3 Å². The normalized spacial score (nSPS) is 13.4. The van der Waals surface area contributed by atoms with Gasteiger partial charge in [-0.1, -0.05) is 24.3 Å². The van der Waals surface area contributed by atoms with Gasteiger partial charge in [-0.3, -0.25) is 0 Å². The van der Waals surface area contributed by atoms with E-state index in [1.807, 2.05) is 37.7 Å². The van der Waals surface area contributed by atoms with Crippen molar-refractivity contribution < 1.29 is 19.1 Å². The van der Waals surface area contributed by atoms with Gasteiger partial charge in [0.25, 0.3) is 0 Å². The third kappa shape index (κ3) is 5.62. The number of ether oxygens (including phenoxy) is 2. The van der Waals surface area contributed by atoms with Crippen molar-refractivity contribution in [1.82, 2.24) is 14.9 Å². The molecule has 7 nitrogen and oxygen atoms in total. The summed E-state index contributed by atoms with van der Waals surface area (Å²) in [6, 6.07) is 10.1. The van der Waals surface area contributed by atoms with Gasteiger partial charge in [0.15, 0.2) is 0 Å². The minimum atomic E-state index is -0.576. The van der Waals surface area contributed by atoms with Crippen molar-refractivity contribution in [2.24, 2.45) is 0 Å². The number of benzene rings is 1. The summed E-state index contributed by atoms with van der Waals surface area (Å²) in [7, 11) is 0. The third-order valence-corrected chi connectivity index (χ3v) is 6.07. The summed E-state index contributed by atoms with van der Waals surface area (Å²) in [5, 5.41) is 2.02. The van der Waals surface area contributed by atoms with E-state index in [0.29, 0.717) is 25.9 Å². The molecule has 0 N–H and O–H groups in total. The summed E-state index contributed by atoms with van der Waals surface area (Å²) < 4.78 is 10.7. The molecule has 3 aromatic rings. The molecule has 1 aromatic carbocycles. The Morgan fingerprint density at radius 3 is 2.59 bits per heavy atom. The highest BCUT2D eigenvalue weighted by Crippen LogP contribution is 2.27. The lowest BCUT2D eigenvalue weighted by atomic mass is 9.93. The van der Waals surface area contributed by atoms with Gasteiger partial charge in [-0.25, -0.2) is 19.6 Å². The van der Waals surface area contributed by atoms with Crippen molar-refractivity contribution in [3.05, 3.63) is 69.3 Å². The first-order chi connectivity index (χ1) is 16.2. The second kappa shape index (κ2) is 9.93. The van der Waals surface area contributed by atoms with E-state index in [1.165, 1.54) is 0 Å². The molecule has 8 heteroatoms. The number of thiazole rings is 1. The van der Waals surface area contributed by atoms with Crippen LogP contribution in [0.1, 0.15) is 60.6 Å². The lowest BCUT2D eigenvalue weighted by Crippen LogP contribution is -2.40. The minimum Gasteiger partial charge on any atom is -0.461 e. The summed E-state index contributed by atoms with van der Waals surface area (Å²) in [5.41, 5.74) is 7.49. The fraction of sp³-hybridized carbons (Fsp3) is 0.385. The van der Waals surface area contributed by atoms with Gasteiger partial charge >= 0.3 is 12.1 Å². The smallest absolute Gasteiger partial charge is 0.410 e. The maximum atomic E-state index is 12.6. The maximum absolute atomic E-state index is 12.6. The number of aromatic nitrogens is 2. The summed E-state index contributed by atoms with van der Waals surface area (Å²) in [4.78, 5) is 35.7. The third-order valence-electron chi connectivity index (χ3n) is 5.49. The lowest BCUT2D eigenvalue weighted by molar-refractivity contribution is 0.0220. The van der Waals surface area contributed by atoms with Crippen LogP contribution in [0.15, 0.2) is 41.2 Å². The molecule has 178 valence electrons. The van der Waals surface area contributed by atoms with Crippen LogP contribution in [0.3, 0.4) is 0 Å². The van der Waals surface area contributed by atoms with E-state index in [4.69, 9.17) is 9.47 Å². The summed E-state index contributed by atoms with van der Waals surface area (Å²) in [6.45, 7) is 8.42. The highest BCUT2D eigenvalue weighted by Gasteiger charge is 2.29. The zero-order valence-electron chi connectivity index (χ0n) is 20.0. The van der Waals surface area contributed by atoms with E-state index in [9.17, 15) is 9.59 Å². The Balaban J connectivity index is 1.62. The fourth-order valence-corrected chi connectivity index (χ4v) is 4.50. The maximum Gasteiger partial charge on any atom is 0.410 e. The number of pyridine rings is 1. The first kappa shape index (κ1) is 23.9. The van der Waals surface area contributed by atoms with Gasteiger partial charge in [0.2, 0.25) is 0 Å². The average Bonchev–Trinajstić information content (AvgIpc) is 3.33. The number of rotatable bonds is 5. The van der Waals surface area contributed by atoms with E-state index in [-0.39, 0.29) is 18.4 Å². The number of nitrogens with zero attached hydrogens (tertiary/aromatic N) is 3. The topological polar surface area (TPSA) is 81.6 Å². The van der Waals surface area contributed by atoms with Crippen LogP contribution in [0, 0.1) is 0 Å². The monoisotopic (exact) mass is 479 g/mol. The molecular formula is C26H29N3O4S. The van der Waals surface area contributed by atoms with E-state index >= 15 is 0 Å². The molecule has 2 aromatic heterocycles. The Morgan fingerprint density at radius 2 is 1.94 bits per heavy atom. The molecule has 0 saturated heterocycles. The Labute approximate surface area is 203 Å². The Hall–Kier alpha value is -3.26. The molecule has 0 saturated carbocycles. The summed E-state index contributed by atoms with van der Waals surface area (Å²) in [6.07, 6.45) is 0.929. The van der Waals surface area contributed by atoms with Crippen molar-refractivity contribution in [3.8, 4) is 11.3 Å². The molecule has 0 aliphatic carbocycles. The molecule has 0 fully saturated rings.